The predicted octanol–water partition coefficient (Wildman–Crippen LogP) is 4.89. The van der Waals surface area contributed by atoms with Crippen molar-refractivity contribution >= 4 is 29.0 Å². The van der Waals surface area contributed by atoms with Crippen molar-refractivity contribution in [2.45, 2.75) is 27.2 Å². The van der Waals surface area contributed by atoms with Gasteiger partial charge in [0.2, 0.25) is 0 Å². The first-order valence-electron chi connectivity index (χ1n) is 6.58. The smallest absolute Gasteiger partial charge is 0.164 e. The largest absolute Gasteiger partial charge is 0.370 e. The van der Waals surface area contributed by atoms with E-state index in [0.29, 0.717) is 21.4 Å². The number of hydrogen-bond donors (Lipinski definition) is 1. The van der Waals surface area contributed by atoms with E-state index in [-0.39, 0.29) is 0 Å². The number of halogens is 2. The summed E-state index contributed by atoms with van der Waals surface area (Å²) >= 11 is 12.5. The van der Waals surface area contributed by atoms with E-state index >= 15 is 0 Å². The summed E-state index contributed by atoms with van der Waals surface area (Å²) in [5.41, 5.74) is 2.65. The maximum Gasteiger partial charge on any atom is 0.164 e. The van der Waals surface area contributed by atoms with E-state index < -0.39 is 0 Å². The average molecular weight is 310 g/mol. The maximum atomic E-state index is 6.23. The number of nitrogens with zero attached hydrogens (tertiary/aromatic N) is 2. The molecule has 0 atom stereocenters. The lowest BCUT2D eigenvalue weighted by atomic mass is 10.1. The number of benzene rings is 1. The van der Waals surface area contributed by atoms with E-state index in [1.54, 1.807) is 12.1 Å². The molecule has 3 nitrogen and oxygen atoms in total. The van der Waals surface area contributed by atoms with E-state index in [2.05, 4.69) is 22.2 Å². The van der Waals surface area contributed by atoms with E-state index in [1.165, 1.54) is 0 Å². The first-order chi connectivity index (χ1) is 9.54. The second kappa shape index (κ2) is 6.42. The number of anilines is 1. The maximum absolute atomic E-state index is 6.23. The number of nitrogens with one attached hydrogen (secondary N) is 1. The topological polar surface area (TPSA) is 37.8 Å². The SMILES string of the molecule is CCCNc1nc(-c2c(Cl)cccc2Cl)nc(C)c1C. The Morgan fingerprint density at radius 3 is 2.35 bits per heavy atom. The van der Waals surface area contributed by atoms with Crippen molar-refractivity contribution < 1.29 is 0 Å². The van der Waals surface area contributed by atoms with E-state index in [9.17, 15) is 0 Å². The van der Waals surface area contributed by atoms with Gasteiger partial charge >= 0.3 is 0 Å². The molecule has 1 N–H and O–H groups in total. The van der Waals surface area contributed by atoms with Crippen LogP contribution in [0.3, 0.4) is 0 Å². The van der Waals surface area contributed by atoms with Gasteiger partial charge in [0.05, 0.1) is 15.6 Å². The zero-order valence-electron chi connectivity index (χ0n) is 11.8. The first-order valence-corrected chi connectivity index (χ1v) is 7.33. The van der Waals surface area contributed by atoms with Crippen LogP contribution in [-0.2, 0) is 0 Å². The summed E-state index contributed by atoms with van der Waals surface area (Å²) in [6.07, 6.45) is 1.03. The van der Waals surface area contributed by atoms with Gasteiger partial charge in [0.25, 0.3) is 0 Å². The molecule has 0 unspecified atom stereocenters. The molecule has 0 aliphatic rings. The van der Waals surface area contributed by atoms with Gasteiger partial charge in [0.15, 0.2) is 5.82 Å². The Morgan fingerprint density at radius 2 is 1.75 bits per heavy atom. The summed E-state index contributed by atoms with van der Waals surface area (Å²) in [5, 5.41) is 4.43. The summed E-state index contributed by atoms with van der Waals surface area (Å²) in [6.45, 7) is 6.95. The molecule has 0 fully saturated rings. The fraction of sp³-hybridized carbons (Fsp3) is 0.333. The van der Waals surface area contributed by atoms with Crippen molar-refractivity contribution in [3.05, 3.63) is 39.5 Å². The Balaban J connectivity index is 2.55. The summed E-state index contributed by atoms with van der Waals surface area (Å²) < 4.78 is 0. The first kappa shape index (κ1) is 15.1. The van der Waals surface area contributed by atoms with Crippen molar-refractivity contribution in [2.75, 3.05) is 11.9 Å². The zero-order chi connectivity index (χ0) is 14.7. The normalized spacial score (nSPS) is 10.7. The molecule has 0 radical (unpaired) electrons. The van der Waals surface area contributed by atoms with Crippen LogP contribution in [0.1, 0.15) is 24.6 Å². The molecule has 1 aromatic heterocycles. The predicted molar refractivity (Wildman–Crippen MR) is 85.7 cm³/mol. The van der Waals surface area contributed by atoms with E-state index in [0.717, 1.165) is 30.0 Å². The second-order valence-electron chi connectivity index (χ2n) is 4.63. The van der Waals surface area contributed by atoms with Crippen LogP contribution in [-0.4, -0.2) is 16.5 Å². The van der Waals surface area contributed by atoms with Gasteiger partial charge in [-0.15, -0.1) is 0 Å². The minimum atomic E-state index is 0.558. The van der Waals surface area contributed by atoms with Crippen LogP contribution in [0.2, 0.25) is 10.0 Å². The van der Waals surface area contributed by atoms with Crippen molar-refractivity contribution in [3.63, 3.8) is 0 Å². The molecule has 0 saturated carbocycles. The van der Waals surface area contributed by atoms with Crippen LogP contribution in [0.5, 0.6) is 0 Å². The quantitative estimate of drug-likeness (QED) is 0.873. The molecular formula is C15H17Cl2N3. The van der Waals surface area contributed by atoms with Gasteiger partial charge < -0.3 is 5.32 Å². The number of aromatic nitrogens is 2. The summed E-state index contributed by atoms with van der Waals surface area (Å²) in [7, 11) is 0. The molecule has 1 aromatic carbocycles. The number of aryl methyl sites for hydroxylation is 1. The minimum Gasteiger partial charge on any atom is -0.370 e. The van der Waals surface area contributed by atoms with Crippen molar-refractivity contribution in [1.29, 1.82) is 0 Å². The minimum absolute atomic E-state index is 0.558. The molecule has 106 valence electrons. The third-order valence-corrected chi connectivity index (χ3v) is 3.75. The van der Waals surface area contributed by atoms with Crippen LogP contribution in [0, 0.1) is 13.8 Å². The van der Waals surface area contributed by atoms with E-state index in [4.69, 9.17) is 23.2 Å². The molecule has 2 aromatic rings. The molecule has 0 spiro atoms. The molecule has 1 heterocycles. The molecule has 0 aliphatic carbocycles. The molecule has 20 heavy (non-hydrogen) atoms. The summed E-state index contributed by atoms with van der Waals surface area (Å²) in [6, 6.07) is 5.40. The number of rotatable bonds is 4. The van der Waals surface area contributed by atoms with Gasteiger partial charge in [0, 0.05) is 17.8 Å². The fourth-order valence-electron chi connectivity index (χ4n) is 1.87. The third-order valence-electron chi connectivity index (χ3n) is 3.12. The van der Waals surface area contributed by atoms with Crippen LogP contribution < -0.4 is 5.32 Å². The highest BCUT2D eigenvalue weighted by Gasteiger charge is 2.14. The average Bonchev–Trinajstić information content (AvgIpc) is 2.40. The highest BCUT2D eigenvalue weighted by atomic mass is 35.5. The van der Waals surface area contributed by atoms with Crippen molar-refractivity contribution in [3.8, 4) is 11.4 Å². The van der Waals surface area contributed by atoms with Crippen LogP contribution in [0.15, 0.2) is 18.2 Å². The highest BCUT2D eigenvalue weighted by Crippen LogP contribution is 2.33. The Kier molecular flexibility index (Phi) is 4.84. The molecular weight excluding hydrogens is 293 g/mol. The van der Waals surface area contributed by atoms with Gasteiger partial charge in [-0.3, -0.25) is 0 Å². The van der Waals surface area contributed by atoms with Gasteiger partial charge in [-0.2, -0.15) is 0 Å². The lowest BCUT2D eigenvalue weighted by molar-refractivity contribution is 0.955. The lowest BCUT2D eigenvalue weighted by Crippen LogP contribution is -2.07. The van der Waals surface area contributed by atoms with Gasteiger partial charge in [0.1, 0.15) is 5.82 Å². The second-order valence-corrected chi connectivity index (χ2v) is 5.44. The monoisotopic (exact) mass is 309 g/mol. The van der Waals surface area contributed by atoms with Gasteiger partial charge in [-0.05, 0) is 32.4 Å². The summed E-state index contributed by atoms with van der Waals surface area (Å²) in [4.78, 5) is 9.08. The summed E-state index contributed by atoms with van der Waals surface area (Å²) in [5.74, 6) is 1.40. The molecule has 0 bridgehead atoms. The van der Waals surface area contributed by atoms with Crippen molar-refractivity contribution in [2.24, 2.45) is 0 Å². The van der Waals surface area contributed by atoms with Crippen LogP contribution in [0.25, 0.3) is 11.4 Å². The Hall–Kier alpha value is -1.32. The lowest BCUT2D eigenvalue weighted by Gasteiger charge is -2.13. The van der Waals surface area contributed by atoms with Crippen LogP contribution in [0.4, 0.5) is 5.82 Å². The molecule has 5 heteroatoms. The highest BCUT2D eigenvalue weighted by molar-refractivity contribution is 6.38. The Labute approximate surface area is 129 Å². The zero-order valence-corrected chi connectivity index (χ0v) is 13.3. The van der Waals surface area contributed by atoms with Gasteiger partial charge in [-0.25, -0.2) is 9.97 Å². The molecule has 0 aliphatic heterocycles. The molecule has 0 saturated heterocycles. The Bertz CT molecular complexity index is 607. The standard InChI is InChI=1S/C15H17Cl2N3/c1-4-8-18-14-9(2)10(3)19-15(20-14)13-11(16)6-5-7-12(13)17/h5-7H,4,8H2,1-3H3,(H,18,19,20). The van der Waals surface area contributed by atoms with Gasteiger partial charge in [-0.1, -0.05) is 36.2 Å². The van der Waals surface area contributed by atoms with E-state index in [1.807, 2.05) is 19.9 Å². The number of hydrogen-bond acceptors (Lipinski definition) is 3. The molecule has 2 rings (SSSR count). The Morgan fingerprint density at radius 1 is 1.10 bits per heavy atom. The molecule has 0 amide bonds. The van der Waals surface area contributed by atoms with Crippen molar-refractivity contribution in [1.82, 2.24) is 9.97 Å². The fourth-order valence-corrected chi connectivity index (χ4v) is 2.43. The third kappa shape index (κ3) is 3.05. The van der Waals surface area contributed by atoms with Crippen LogP contribution >= 0.6 is 23.2 Å².